The van der Waals surface area contributed by atoms with Gasteiger partial charge in [0.25, 0.3) is 0 Å². The van der Waals surface area contributed by atoms with Gasteiger partial charge in [0.05, 0.1) is 17.3 Å². The molecule has 0 saturated carbocycles. The highest BCUT2D eigenvalue weighted by molar-refractivity contribution is 6.30. The number of amides is 1. The second kappa shape index (κ2) is 8.07. The molecule has 0 aliphatic carbocycles. The fourth-order valence-electron chi connectivity index (χ4n) is 3.64. The van der Waals surface area contributed by atoms with Gasteiger partial charge in [0.1, 0.15) is 12.4 Å². The maximum atomic E-state index is 11.5. The van der Waals surface area contributed by atoms with Crippen molar-refractivity contribution in [2.75, 3.05) is 13.2 Å². The van der Waals surface area contributed by atoms with E-state index in [-0.39, 0.29) is 6.04 Å². The number of aromatic nitrogens is 1. The van der Waals surface area contributed by atoms with E-state index in [2.05, 4.69) is 0 Å². The minimum atomic E-state index is -0.880. The van der Waals surface area contributed by atoms with Crippen LogP contribution < -0.4 is 4.74 Å². The van der Waals surface area contributed by atoms with Crippen LogP contribution in [0.15, 0.2) is 54.6 Å². The predicted octanol–water partition coefficient (Wildman–Crippen LogP) is 5.47. The largest absolute Gasteiger partial charge is 0.491 e. The molecule has 1 fully saturated rings. The molecule has 1 amide bonds. The van der Waals surface area contributed by atoms with Crippen molar-refractivity contribution in [3.63, 3.8) is 0 Å². The van der Waals surface area contributed by atoms with Crippen molar-refractivity contribution < 1.29 is 14.6 Å². The molecule has 2 heterocycles. The summed E-state index contributed by atoms with van der Waals surface area (Å²) in [5, 5.41) is 11.0. The van der Waals surface area contributed by atoms with Crippen molar-refractivity contribution in [1.82, 2.24) is 9.88 Å². The molecule has 3 aromatic rings. The molecule has 1 aromatic heterocycles. The molecule has 0 radical (unpaired) electrons. The monoisotopic (exact) mass is 396 g/mol. The minimum absolute atomic E-state index is 0.128. The summed E-state index contributed by atoms with van der Waals surface area (Å²) in [6, 6.07) is 17.1. The Morgan fingerprint density at radius 3 is 2.75 bits per heavy atom. The Balaban J connectivity index is 1.65. The first-order chi connectivity index (χ1) is 13.6. The SMILES string of the molecule is O=C(O)N1CCCCC1COc1cc(-c2ccc(Cl)cc2)nc2ccccc12. The molecule has 1 aliphatic rings. The Labute approximate surface area is 168 Å². The van der Waals surface area contributed by atoms with Crippen LogP contribution in [0.25, 0.3) is 22.2 Å². The van der Waals surface area contributed by atoms with E-state index in [0.29, 0.717) is 23.9 Å². The second-order valence-corrected chi connectivity index (χ2v) is 7.40. The second-order valence-electron chi connectivity index (χ2n) is 6.97. The Kier molecular flexibility index (Phi) is 5.35. The van der Waals surface area contributed by atoms with Crippen molar-refractivity contribution in [2.45, 2.75) is 25.3 Å². The minimum Gasteiger partial charge on any atom is -0.491 e. The van der Waals surface area contributed by atoms with Gasteiger partial charge >= 0.3 is 6.09 Å². The Hall–Kier alpha value is -2.79. The Morgan fingerprint density at radius 1 is 1.18 bits per heavy atom. The number of nitrogens with zero attached hydrogens (tertiary/aromatic N) is 2. The predicted molar refractivity (Wildman–Crippen MR) is 110 cm³/mol. The molecule has 1 N–H and O–H groups in total. The van der Waals surface area contributed by atoms with Crippen LogP contribution in [0, 0.1) is 0 Å². The van der Waals surface area contributed by atoms with E-state index in [1.807, 2.05) is 54.6 Å². The van der Waals surface area contributed by atoms with E-state index >= 15 is 0 Å². The highest BCUT2D eigenvalue weighted by Crippen LogP contribution is 2.31. The number of piperidine rings is 1. The van der Waals surface area contributed by atoms with Crippen LogP contribution in [0.1, 0.15) is 19.3 Å². The van der Waals surface area contributed by atoms with Gasteiger partial charge in [-0.05, 0) is 43.5 Å². The molecular weight excluding hydrogens is 376 g/mol. The molecule has 4 rings (SSSR count). The standard InChI is InChI=1S/C22H21ClN2O3/c23-16-10-8-15(9-11-16)20-13-21(18-6-1-2-7-19(18)24-20)28-14-17-5-3-4-12-25(17)22(26)27/h1-2,6-11,13,17H,3-5,12,14H2,(H,26,27). The maximum Gasteiger partial charge on any atom is 0.407 e. The first-order valence-electron chi connectivity index (χ1n) is 9.40. The first-order valence-corrected chi connectivity index (χ1v) is 9.78. The van der Waals surface area contributed by atoms with Gasteiger partial charge in [-0.1, -0.05) is 35.9 Å². The molecule has 0 bridgehead atoms. The van der Waals surface area contributed by atoms with Gasteiger partial charge in [0.15, 0.2) is 0 Å². The number of benzene rings is 2. The molecule has 28 heavy (non-hydrogen) atoms. The highest BCUT2D eigenvalue weighted by atomic mass is 35.5. The third kappa shape index (κ3) is 3.90. The molecule has 2 aromatic carbocycles. The van der Waals surface area contributed by atoms with Gasteiger partial charge < -0.3 is 14.7 Å². The number of likely N-dealkylation sites (tertiary alicyclic amines) is 1. The van der Waals surface area contributed by atoms with E-state index in [1.54, 1.807) is 0 Å². The smallest absolute Gasteiger partial charge is 0.407 e. The number of pyridine rings is 1. The molecule has 6 heteroatoms. The van der Waals surface area contributed by atoms with Crippen LogP contribution in [0.5, 0.6) is 5.75 Å². The van der Waals surface area contributed by atoms with Crippen LogP contribution >= 0.6 is 11.6 Å². The molecule has 5 nitrogen and oxygen atoms in total. The van der Waals surface area contributed by atoms with Crippen LogP contribution in [0.3, 0.4) is 0 Å². The zero-order valence-corrected chi connectivity index (χ0v) is 16.1. The fraction of sp³-hybridized carbons (Fsp3) is 0.273. The topological polar surface area (TPSA) is 62.7 Å². The van der Waals surface area contributed by atoms with Gasteiger partial charge in [-0.2, -0.15) is 0 Å². The number of hydrogen-bond donors (Lipinski definition) is 1. The summed E-state index contributed by atoms with van der Waals surface area (Å²) < 4.78 is 6.15. The summed E-state index contributed by atoms with van der Waals surface area (Å²) in [5.74, 6) is 0.714. The van der Waals surface area contributed by atoms with E-state index in [9.17, 15) is 9.90 Å². The third-order valence-electron chi connectivity index (χ3n) is 5.12. The Morgan fingerprint density at radius 2 is 1.96 bits per heavy atom. The number of carbonyl (C=O) groups is 1. The van der Waals surface area contributed by atoms with Crippen molar-refractivity contribution >= 4 is 28.6 Å². The van der Waals surface area contributed by atoms with Crippen LogP contribution in [-0.4, -0.2) is 40.3 Å². The van der Waals surface area contributed by atoms with E-state index in [1.165, 1.54) is 4.90 Å². The van der Waals surface area contributed by atoms with E-state index in [4.69, 9.17) is 21.3 Å². The summed E-state index contributed by atoms with van der Waals surface area (Å²) in [6.45, 7) is 0.900. The summed E-state index contributed by atoms with van der Waals surface area (Å²) in [7, 11) is 0. The zero-order valence-electron chi connectivity index (χ0n) is 15.3. The zero-order chi connectivity index (χ0) is 19.5. The number of carboxylic acid groups (broad SMARTS) is 1. The van der Waals surface area contributed by atoms with E-state index < -0.39 is 6.09 Å². The number of ether oxygens (including phenoxy) is 1. The molecule has 144 valence electrons. The molecule has 1 unspecified atom stereocenters. The quantitative estimate of drug-likeness (QED) is 0.635. The number of fused-ring (bicyclic) bond motifs is 1. The van der Waals surface area contributed by atoms with Gasteiger partial charge in [-0.15, -0.1) is 0 Å². The van der Waals surface area contributed by atoms with Crippen molar-refractivity contribution in [2.24, 2.45) is 0 Å². The highest BCUT2D eigenvalue weighted by Gasteiger charge is 2.27. The number of para-hydroxylation sites is 1. The Bertz CT molecular complexity index is 991. The van der Waals surface area contributed by atoms with Gasteiger partial charge in [0, 0.05) is 28.6 Å². The van der Waals surface area contributed by atoms with Crippen molar-refractivity contribution in [1.29, 1.82) is 0 Å². The van der Waals surface area contributed by atoms with Crippen LogP contribution in [0.2, 0.25) is 5.02 Å². The number of halogens is 1. The number of hydrogen-bond acceptors (Lipinski definition) is 3. The number of rotatable bonds is 4. The fourth-order valence-corrected chi connectivity index (χ4v) is 3.77. The molecule has 1 saturated heterocycles. The lowest BCUT2D eigenvalue weighted by Crippen LogP contribution is -2.46. The lowest BCUT2D eigenvalue weighted by atomic mass is 10.0. The lowest BCUT2D eigenvalue weighted by molar-refractivity contribution is 0.0841. The summed E-state index contributed by atoms with van der Waals surface area (Å²) in [5.41, 5.74) is 2.58. The molecule has 1 aliphatic heterocycles. The van der Waals surface area contributed by atoms with Gasteiger partial charge in [0.2, 0.25) is 0 Å². The molecule has 0 spiro atoms. The van der Waals surface area contributed by atoms with Crippen LogP contribution in [0.4, 0.5) is 4.79 Å². The van der Waals surface area contributed by atoms with Crippen molar-refractivity contribution in [3.8, 4) is 17.0 Å². The van der Waals surface area contributed by atoms with E-state index in [0.717, 1.165) is 41.4 Å². The summed E-state index contributed by atoms with van der Waals surface area (Å²) in [6.07, 6.45) is 1.86. The summed E-state index contributed by atoms with van der Waals surface area (Å²) >= 11 is 6.00. The third-order valence-corrected chi connectivity index (χ3v) is 5.37. The normalized spacial score (nSPS) is 16.9. The van der Waals surface area contributed by atoms with Gasteiger partial charge in [-0.3, -0.25) is 0 Å². The average Bonchev–Trinajstić information content (AvgIpc) is 2.72. The lowest BCUT2D eigenvalue weighted by Gasteiger charge is -2.33. The molecular formula is C22H21ClN2O3. The average molecular weight is 397 g/mol. The maximum absolute atomic E-state index is 11.5. The van der Waals surface area contributed by atoms with Crippen LogP contribution in [-0.2, 0) is 0 Å². The summed E-state index contributed by atoms with van der Waals surface area (Å²) in [4.78, 5) is 17.7. The molecule has 1 atom stereocenters. The van der Waals surface area contributed by atoms with Gasteiger partial charge in [-0.25, -0.2) is 9.78 Å². The van der Waals surface area contributed by atoms with Crippen molar-refractivity contribution in [3.05, 3.63) is 59.6 Å². The first kappa shape index (κ1) is 18.6.